The number of nitrogens with one attached hydrogen (secondary N) is 1. The Balaban J connectivity index is 0.00000300. The number of hydrogen-bond donors (Lipinski definition) is 2. The summed E-state index contributed by atoms with van der Waals surface area (Å²) in [6.07, 6.45) is 1.75. The lowest BCUT2D eigenvalue weighted by Crippen LogP contribution is -2.55. The molecular formula is C20H25ClN4O3S. The second kappa shape index (κ2) is 9.55. The maximum atomic E-state index is 12.8. The number of halogens is 1. The zero-order valence-corrected chi connectivity index (χ0v) is 18.3. The number of thiazole rings is 1. The number of nitrogens with zero attached hydrogens (tertiary/aromatic N) is 3. The minimum Gasteiger partial charge on any atom is -0.507 e. The number of carbonyl (C=O) groups is 1. The molecule has 9 heteroatoms. The van der Waals surface area contributed by atoms with Gasteiger partial charge in [-0.25, -0.2) is 4.98 Å². The van der Waals surface area contributed by atoms with Gasteiger partial charge in [0.2, 0.25) is 0 Å². The van der Waals surface area contributed by atoms with Crippen molar-refractivity contribution in [2.24, 2.45) is 0 Å². The van der Waals surface area contributed by atoms with Crippen molar-refractivity contribution in [3.63, 3.8) is 0 Å². The van der Waals surface area contributed by atoms with Crippen molar-refractivity contribution >= 4 is 29.7 Å². The summed E-state index contributed by atoms with van der Waals surface area (Å²) in [6, 6.07) is 6.70. The Morgan fingerprint density at radius 1 is 1.41 bits per heavy atom. The second-order valence-corrected chi connectivity index (χ2v) is 8.19. The zero-order chi connectivity index (χ0) is 20.3. The molecule has 7 nitrogen and oxygen atoms in total. The molecule has 0 atom stereocenters. The van der Waals surface area contributed by atoms with E-state index in [-0.39, 0.29) is 35.2 Å². The van der Waals surface area contributed by atoms with Gasteiger partial charge in [-0.1, -0.05) is 0 Å². The second-order valence-electron chi connectivity index (χ2n) is 7.19. The highest BCUT2D eigenvalue weighted by Gasteiger charge is 2.35. The van der Waals surface area contributed by atoms with Crippen LogP contribution in [0.5, 0.6) is 5.75 Å². The monoisotopic (exact) mass is 436 g/mol. The van der Waals surface area contributed by atoms with Gasteiger partial charge < -0.3 is 20.1 Å². The quantitative estimate of drug-likeness (QED) is 0.747. The first-order chi connectivity index (χ1) is 13.4. The number of benzene rings is 1. The molecule has 0 bridgehead atoms. The lowest BCUT2D eigenvalue weighted by atomic mass is 9.88. The van der Waals surface area contributed by atoms with Crippen molar-refractivity contribution < 1.29 is 14.6 Å². The smallest absolute Gasteiger partial charge is 0.263 e. The summed E-state index contributed by atoms with van der Waals surface area (Å²) in [5.74, 6) is -0.212. The molecule has 2 N–H and O–H groups in total. The summed E-state index contributed by atoms with van der Waals surface area (Å²) in [7, 11) is 4.07. The van der Waals surface area contributed by atoms with E-state index in [1.807, 2.05) is 20.2 Å². The van der Waals surface area contributed by atoms with Crippen LogP contribution in [0.2, 0.25) is 0 Å². The number of ether oxygens (including phenoxy) is 1. The van der Waals surface area contributed by atoms with Crippen LogP contribution in [0.3, 0.4) is 0 Å². The van der Waals surface area contributed by atoms with E-state index in [0.717, 1.165) is 12.8 Å². The number of phenolic OH excluding ortho intramolecular Hbond substituents is 1. The highest BCUT2D eigenvalue weighted by molar-refractivity contribution is 7.17. The van der Waals surface area contributed by atoms with Crippen molar-refractivity contribution in [3.8, 4) is 22.4 Å². The number of likely N-dealkylation sites (N-methyl/N-ethyl adjacent to an activating group) is 1. The van der Waals surface area contributed by atoms with Gasteiger partial charge in [-0.05, 0) is 52.1 Å². The van der Waals surface area contributed by atoms with E-state index in [1.165, 1.54) is 17.4 Å². The van der Waals surface area contributed by atoms with Gasteiger partial charge in [0, 0.05) is 30.9 Å². The van der Waals surface area contributed by atoms with Crippen LogP contribution in [0.4, 0.5) is 0 Å². The van der Waals surface area contributed by atoms with Crippen molar-refractivity contribution in [2.45, 2.75) is 25.3 Å². The number of nitriles is 1. The number of aromatic nitrogens is 1. The van der Waals surface area contributed by atoms with Crippen molar-refractivity contribution in [2.75, 3.05) is 33.9 Å². The molecule has 156 valence electrons. The van der Waals surface area contributed by atoms with E-state index >= 15 is 0 Å². The van der Waals surface area contributed by atoms with E-state index in [9.17, 15) is 9.90 Å². The third-order valence-electron chi connectivity index (χ3n) is 5.32. The molecule has 0 spiro atoms. The summed E-state index contributed by atoms with van der Waals surface area (Å²) < 4.78 is 5.48. The molecule has 0 aliphatic carbocycles. The molecule has 2 aromatic rings. The fraction of sp³-hybridized carbons (Fsp3) is 0.450. The molecule has 0 unspecified atom stereocenters. The number of aryl methyl sites for hydroxylation is 1. The predicted octanol–water partition coefficient (Wildman–Crippen LogP) is 2.96. The highest BCUT2D eigenvalue weighted by Crippen LogP contribution is 2.31. The maximum absolute atomic E-state index is 12.8. The van der Waals surface area contributed by atoms with Crippen LogP contribution in [0, 0.1) is 18.3 Å². The van der Waals surface area contributed by atoms with Crippen molar-refractivity contribution in [1.82, 2.24) is 15.2 Å². The van der Waals surface area contributed by atoms with Gasteiger partial charge in [0.1, 0.15) is 21.7 Å². The Labute approximate surface area is 180 Å². The molecule has 0 radical (unpaired) electrons. The minimum atomic E-state index is -0.145. The maximum Gasteiger partial charge on any atom is 0.263 e. The lowest BCUT2D eigenvalue weighted by molar-refractivity contribution is -0.00656. The largest absolute Gasteiger partial charge is 0.507 e. The normalized spacial score (nSPS) is 15.4. The minimum absolute atomic E-state index is 0. The standard InChI is InChI=1S/C20H24N4O3S.ClH/c1-13-17(18(26)22-12-20(24(2)3)6-8-27-9-7-20)28-19(23-13)14-4-5-16(25)15(10-14)11-21;/h4-5,10,25H,6-9,12H2,1-3H3,(H,22,26);1H. The molecular weight excluding hydrogens is 412 g/mol. The first-order valence-corrected chi connectivity index (χ1v) is 9.92. The predicted molar refractivity (Wildman–Crippen MR) is 115 cm³/mol. The van der Waals surface area contributed by atoms with Crippen LogP contribution in [-0.2, 0) is 4.74 Å². The third-order valence-corrected chi connectivity index (χ3v) is 6.52. The molecule has 1 aliphatic heterocycles. The van der Waals surface area contributed by atoms with E-state index in [0.29, 0.717) is 40.9 Å². The lowest BCUT2D eigenvalue weighted by Gasteiger charge is -2.42. The Hall–Kier alpha value is -2.18. The van der Waals surface area contributed by atoms with Crippen LogP contribution in [0.1, 0.15) is 33.8 Å². The molecule has 0 saturated carbocycles. The fourth-order valence-corrected chi connectivity index (χ4v) is 4.33. The number of hydrogen-bond acceptors (Lipinski definition) is 7. The first kappa shape index (κ1) is 23.1. The number of carbonyl (C=O) groups excluding carboxylic acids is 1. The van der Waals surface area contributed by atoms with Gasteiger partial charge in [-0.2, -0.15) is 5.26 Å². The highest BCUT2D eigenvalue weighted by atomic mass is 35.5. The van der Waals surface area contributed by atoms with E-state index in [2.05, 4.69) is 15.2 Å². The van der Waals surface area contributed by atoms with Crippen LogP contribution >= 0.6 is 23.7 Å². The Bertz CT molecular complexity index is 917. The fourth-order valence-electron chi connectivity index (χ4n) is 3.35. The third kappa shape index (κ3) is 4.87. The molecule has 1 saturated heterocycles. The Morgan fingerprint density at radius 3 is 2.72 bits per heavy atom. The average molecular weight is 437 g/mol. The Kier molecular flexibility index (Phi) is 7.60. The molecule has 1 aromatic carbocycles. The Morgan fingerprint density at radius 2 is 2.10 bits per heavy atom. The van der Waals surface area contributed by atoms with Crippen LogP contribution < -0.4 is 5.32 Å². The summed E-state index contributed by atoms with van der Waals surface area (Å²) >= 11 is 1.29. The SMILES string of the molecule is Cc1nc(-c2ccc(O)c(C#N)c2)sc1C(=O)NCC1(N(C)C)CCOCC1.Cl. The molecule has 29 heavy (non-hydrogen) atoms. The number of phenols is 1. The van der Waals surface area contributed by atoms with E-state index < -0.39 is 0 Å². The van der Waals surface area contributed by atoms with Crippen LogP contribution in [-0.4, -0.2) is 60.3 Å². The molecule has 1 aromatic heterocycles. The van der Waals surface area contributed by atoms with Gasteiger partial charge in [0.15, 0.2) is 0 Å². The molecule has 1 fully saturated rings. The van der Waals surface area contributed by atoms with Crippen molar-refractivity contribution in [1.29, 1.82) is 5.26 Å². The van der Waals surface area contributed by atoms with Gasteiger partial charge >= 0.3 is 0 Å². The zero-order valence-electron chi connectivity index (χ0n) is 16.7. The van der Waals surface area contributed by atoms with Gasteiger partial charge in [-0.15, -0.1) is 23.7 Å². The van der Waals surface area contributed by atoms with Gasteiger partial charge in [0.05, 0.1) is 11.3 Å². The van der Waals surface area contributed by atoms with Crippen molar-refractivity contribution in [3.05, 3.63) is 34.3 Å². The average Bonchev–Trinajstić information content (AvgIpc) is 3.09. The van der Waals surface area contributed by atoms with Gasteiger partial charge in [0.25, 0.3) is 5.91 Å². The van der Waals surface area contributed by atoms with E-state index in [4.69, 9.17) is 10.00 Å². The molecule has 1 aliphatic rings. The van der Waals surface area contributed by atoms with Crippen LogP contribution in [0.15, 0.2) is 18.2 Å². The summed E-state index contributed by atoms with van der Waals surface area (Å²) in [5.41, 5.74) is 1.43. The summed E-state index contributed by atoms with van der Waals surface area (Å²) in [6.45, 7) is 3.74. The van der Waals surface area contributed by atoms with Crippen LogP contribution in [0.25, 0.3) is 10.6 Å². The number of aromatic hydroxyl groups is 1. The molecule has 2 heterocycles. The number of rotatable bonds is 5. The molecule has 1 amide bonds. The summed E-state index contributed by atoms with van der Waals surface area (Å²) in [4.78, 5) is 20.0. The number of amides is 1. The first-order valence-electron chi connectivity index (χ1n) is 9.10. The van der Waals surface area contributed by atoms with E-state index in [1.54, 1.807) is 19.1 Å². The summed E-state index contributed by atoms with van der Waals surface area (Å²) in [5, 5.41) is 22.5. The molecule has 3 rings (SSSR count). The van der Waals surface area contributed by atoms with Gasteiger partial charge in [-0.3, -0.25) is 4.79 Å². The topological polar surface area (TPSA) is 98.5 Å².